The second-order valence-electron chi connectivity index (χ2n) is 5.21. The van der Waals surface area contributed by atoms with Crippen molar-refractivity contribution in [2.75, 3.05) is 32.7 Å². The van der Waals surface area contributed by atoms with E-state index in [1.165, 1.54) is 4.88 Å². The highest BCUT2D eigenvalue weighted by atomic mass is 32.1. The Kier molecular flexibility index (Phi) is 6.16. The van der Waals surface area contributed by atoms with E-state index in [9.17, 15) is 9.59 Å². The molecule has 0 radical (unpaired) electrons. The summed E-state index contributed by atoms with van der Waals surface area (Å²) in [5.74, 6) is -0.304. The Bertz CT molecular complexity index is 464. The lowest BCUT2D eigenvalue weighted by atomic mass is 10.3. The molecular formula is C14H22N4O2S. The van der Waals surface area contributed by atoms with Crippen molar-refractivity contribution >= 4 is 23.3 Å². The summed E-state index contributed by atoms with van der Waals surface area (Å²) in [5.41, 5.74) is 4.92. The van der Waals surface area contributed by atoms with Gasteiger partial charge in [0.2, 0.25) is 5.91 Å². The average molecular weight is 310 g/mol. The molecule has 6 nitrogen and oxygen atoms in total. The van der Waals surface area contributed by atoms with E-state index in [4.69, 9.17) is 5.73 Å². The number of urea groups is 1. The van der Waals surface area contributed by atoms with E-state index in [2.05, 4.69) is 32.6 Å². The number of nitrogens with zero attached hydrogens (tertiary/aromatic N) is 2. The van der Waals surface area contributed by atoms with Crippen LogP contribution in [0.5, 0.6) is 0 Å². The van der Waals surface area contributed by atoms with Crippen molar-refractivity contribution < 1.29 is 9.59 Å². The van der Waals surface area contributed by atoms with Gasteiger partial charge < -0.3 is 10.6 Å². The lowest BCUT2D eigenvalue weighted by Gasteiger charge is -2.21. The van der Waals surface area contributed by atoms with Crippen LogP contribution in [-0.4, -0.2) is 54.5 Å². The molecule has 3 N–H and O–H groups in total. The van der Waals surface area contributed by atoms with Crippen LogP contribution in [0.1, 0.15) is 17.7 Å². The summed E-state index contributed by atoms with van der Waals surface area (Å²) in [6, 6.07) is 3.47. The number of hydrogen-bond acceptors (Lipinski definition) is 5. The molecule has 2 heterocycles. The summed E-state index contributed by atoms with van der Waals surface area (Å²) in [5, 5.41) is 4.21. The Balaban J connectivity index is 1.70. The summed E-state index contributed by atoms with van der Waals surface area (Å²) >= 11 is 1.79. The first-order chi connectivity index (χ1) is 10.1. The van der Waals surface area contributed by atoms with E-state index in [0.29, 0.717) is 13.0 Å². The van der Waals surface area contributed by atoms with Gasteiger partial charge in [-0.25, -0.2) is 4.79 Å². The second-order valence-corrected chi connectivity index (χ2v) is 6.25. The molecule has 21 heavy (non-hydrogen) atoms. The molecule has 1 aromatic rings. The van der Waals surface area contributed by atoms with Crippen LogP contribution in [0.3, 0.4) is 0 Å². The van der Waals surface area contributed by atoms with Gasteiger partial charge in [-0.3, -0.25) is 15.0 Å². The lowest BCUT2D eigenvalue weighted by molar-refractivity contribution is -0.120. The molecule has 0 aromatic carbocycles. The highest BCUT2D eigenvalue weighted by Gasteiger charge is 2.16. The Morgan fingerprint density at radius 1 is 1.24 bits per heavy atom. The Morgan fingerprint density at radius 2 is 2.00 bits per heavy atom. The van der Waals surface area contributed by atoms with Gasteiger partial charge in [-0.15, -0.1) is 11.3 Å². The summed E-state index contributed by atoms with van der Waals surface area (Å²) in [6.45, 7) is 5.72. The van der Waals surface area contributed by atoms with E-state index in [1.807, 2.05) is 0 Å². The summed E-state index contributed by atoms with van der Waals surface area (Å²) in [7, 11) is 0. The molecule has 1 aliphatic rings. The van der Waals surface area contributed by atoms with E-state index >= 15 is 0 Å². The maximum absolute atomic E-state index is 11.4. The van der Waals surface area contributed by atoms with E-state index < -0.39 is 6.03 Å². The molecule has 7 heteroatoms. The number of rotatable bonds is 5. The van der Waals surface area contributed by atoms with Crippen molar-refractivity contribution in [1.29, 1.82) is 0 Å². The molecule has 0 bridgehead atoms. The molecule has 1 aliphatic heterocycles. The minimum absolute atomic E-state index is 0.304. The minimum atomic E-state index is -0.780. The Labute approximate surface area is 128 Å². The SMILES string of the molecule is NC(=O)NC(=O)CCN1CCCN(Cc2cccs2)CC1. The Hall–Kier alpha value is -1.44. The molecule has 0 spiro atoms. The second kappa shape index (κ2) is 8.11. The largest absolute Gasteiger partial charge is 0.351 e. The van der Waals surface area contributed by atoms with Gasteiger partial charge in [0.15, 0.2) is 0 Å². The first-order valence-corrected chi connectivity index (χ1v) is 8.08. The molecule has 2 rings (SSSR count). The van der Waals surface area contributed by atoms with Crippen LogP contribution in [0.4, 0.5) is 4.79 Å². The Morgan fingerprint density at radius 3 is 2.71 bits per heavy atom. The van der Waals surface area contributed by atoms with Gasteiger partial charge in [-0.1, -0.05) is 6.07 Å². The van der Waals surface area contributed by atoms with Gasteiger partial charge >= 0.3 is 6.03 Å². The van der Waals surface area contributed by atoms with Crippen LogP contribution in [-0.2, 0) is 11.3 Å². The number of thiophene rings is 1. The number of amides is 3. The summed E-state index contributed by atoms with van der Waals surface area (Å²) < 4.78 is 0. The highest BCUT2D eigenvalue weighted by Crippen LogP contribution is 2.13. The van der Waals surface area contributed by atoms with Gasteiger partial charge in [0.25, 0.3) is 0 Å². The third kappa shape index (κ3) is 5.82. The van der Waals surface area contributed by atoms with E-state index in [1.54, 1.807) is 11.3 Å². The van der Waals surface area contributed by atoms with Crippen molar-refractivity contribution in [3.8, 4) is 0 Å². The van der Waals surface area contributed by atoms with Crippen molar-refractivity contribution in [2.45, 2.75) is 19.4 Å². The van der Waals surface area contributed by atoms with Gasteiger partial charge in [0.1, 0.15) is 0 Å². The van der Waals surface area contributed by atoms with Crippen molar-refractivity contribution in [2.24, 2.45) is 5.73 Å². The average Bonchev–Trinajstić information content (AvgIpc) is 2.82. The summed E-state index contributed by atoms with van der Waals surface area (Å²) in [6.07, 6.45) is 1.41. The predicted molar refractivity (Wildman–Crippen MR) is 83.0 cm³/mol. The van der Waals surface area contributed by atoms with Crippen LogP contribution >= 0.6 is 11.3 Å². The van der Waals surface area contributed by atoms with Gasteiger partial charge in [0.05, 0.1) is 0 Å². The number of nitrogens with one attached hydrogen (secondary N) is 1. The molecule has 3 amide bonds. The van der Waals surface area contributed by atoms with Gasteiger partial charge in [-0.2, -0.15) is 0 Å². The summed E-state index contributed by atoms with van der Waals surface area (Å²) in [4.78, 5) is 28.1. The van der Waals surface area contributed by atoms with E-state index in [0.717, 1.165) is 39.1 Å². The fourth-order valence-electron chi connectivity index (χ4n) is 2.49. The zero-order chi connectivity index (χ0) is 15.1. The fraction of sp³-hybridized carbons (Fsp3) is 0.571. The molecule has 0 unspecified atom stereocenters. The quantitative estimate of drug-likeness (QED) is 0.845. The van der Waals surface area contributed by atoms with Crippen LogP contribution in [0, 0.1) is 0 Å². The number of primary amides is 1. The van der Waals surface area contributed by atoms with Crippen molar-refractivity contribution in [1.82, 2.24) is 15.1 Å². The normalized spacial score (nSPS) is 17.3. The fourth-order valence-corrected chi connectivity index (χ4v) is 3.23. The van der Waals surface area contributed by atoms with E-state index in [-0.39, 0.29) is 5.91 Å². The topological polar surface area (TPSA) is 78.7 Å². The molecule has 1 fully saturated rings. The highest BCUT2D eigenvalue weighted by molar-refractivity contribution is 7.09. The van der Waals surface area contributed by atoms with Crippen LogP contribution in [0.25, 0.3) is 0 Å². The monoisotopic (exact) mass is 310 g/mol. The molecule has 0 aliphatic carbocycles. The zero-order valence-corrected chi connectivity index (χ0v) is 12.9. The van der Waals surface area contributed by atoms with Crippen molar-refractivity contribution in [3.63, 3.8) is 0 Å². The number of hydrogen-bond donors (Lipinski definition) is 2. The maximum Gasteiger partial charge on any atom is 0.318 e. The lowest BCUT2D eigenvalue weighted by Crippen LogP contribution is -2.38. The van der Waals surface area contributed by atoms with Crippen LogP contribution < -0.4 is 11.1 Å². The minimum Gasteiger partial charge on any atom is -0.351 e. The van der Waals surface area contributed by atoms with Crippen LogP contribution in [0.15, 0.2) is 17.5 Å². The first-order valence-electron chi connectivity index (χ1n) is 7.20. The first kappa shape index (κ1) is 15.9. The van der Waals surface area contributed by atoms with Gasteiger partial charge in [-0.05, 0) is 31.0 Å². The van der Waals surface area contributed by atoms with Crippen molar-refractivity contribution in [3.05, 3.63) is 22.4 Å². The number of imide groups is 1. The molecule has 0 saturated carbocycles. The third-order valence-electron chi connectivity index (χ3n) is 3.56. The molecular weight excluding hydrogens is 288 g/mol. The molecule has 1 aromatic heterocycles. The number of carbonyl (C=O) groups is 2. The molecule has 116 valence electrons. The molecule has 0 atom stereocenters. The standard InChI is InChI=1S/C14H22N4O2S/c15-14(20)16-13(19)4-7-17-5-2-6-18(9-8-17)11-12-3-1-10-21-12/h1,3,10H,2,4-9,11H2,(H3,15,16,19,20). The third-order valence-corrected chi connectivity index (χ3v) is 4.42. The number of carbonyl (C=O) groups excluding carboxylic acids is 2. The van der Waals surface area contributed by atoms with Gasteiger partial charge in [0, 0.05) is 37.5 Å². The predicted octanol–water partition coefficient (Wildman–Crippen LogP) is 0.841. The maximum atomic E-state index is 11.4. The number of nitrogens with two attached hydrogens (primary N) is 1. The molecule has 1 saturated heterocycles. The zero-order valence-electron chi connectivity index (χ0n) is 12.1. The smallest absolute Gasteiger partial charge is 0.318 e. The van der Waals surface area contributed by atoms with Crippen LogP contribution in [0.2, 0.25) is 0 Å².